The van der Waals surface area contributed by atoms with Crippen LogP contribution >= 0.6 is 0 Å². The summed E-state index contributed by atoms with van der Waals surface area (Å²) in [6, 6.07) is 28.3. The highest BCUT2D eigenvalue weighted by Crippen LogP contribution is 2.25. The predicted octanol–water partition coefficient (Wildman–Crippen LogP) is 7.67. The minimum atomic E-state index is 0. The molecule has 1 heterocycles. The van der Waals surface area contributed by atoms with Crippen LogP contribution in [-0.2, 0) is 0 Å². The van der Waals surface area contributed by atoms with Crippen LogP contribution in [0.1, 0.15) is 24.1 Å². The molecule has 0 bridgehead atoms. The Morgan fingerprint density at radius 1 is 0.686 bits per heavy atom. The molecule has 4 nitrogen and oxygen atoms in total. The molecule has 170 valence electrons. The number of benzene rings is 4. The van der Waals surface area contributed by atoms with E-state index in [4.69, 9.17) is 9.98 Å². The maximum absolute atomic E-state index is 4.89. The van der Waals surface area contributed by atoms with Gasteiger partial charge in [0.2, 0.25) is 16.7 Å². The van der Waals surface area contributed by atoms with E-state index < -0.39 is 0 Å². The van der Waals surface area contributed by atoms with Gasteiger partial charge in [0.15, 0.2) is 0 Å². The molecule has 0 saturated carbocycles. The molecule has 0 aliphatic heterocycles. The molecule has 0 aliphatic rings. The normalized spacial score (nSPS) is 10.9. The predicted molar refractivity (Wildman–Crippen MR) is 151 cm³/mol. The van der Waals surface area contributed by atoms with Crippen molar-refractivity contribution in [1.82, 2.24) is 4.98 Å². The molecule has 35 heavy (non-hydrogen) atoms. The van der Waals surface area contributed by atoms with Gasteiger partial charge in [-0.1, -0.05) is 50.9 Å². The van der Waals surface area contributed by atoms with Gasteiger partial charge in [-0.15, -0.1) is 4.57 Å². The molecule has 0 amide bonds. The van der Waals surface area contributed by atoms with E-state index in [0.29, 0.717) is 0 Å². The molecule has 0 N–H and O–H groups in total. The Morgan fingerprint density at radius 2 is 1.26 bits per heavy atom. The lowest BCUT2D eigenvalue weighted by molar-refractivity contribution is -0.538. The van der Waals surface area contributed by atoms with Gasteiger partial charge >= 0.3 is 0 Å². The standard InChI is InChI=1S/C30H23N4.CH4/c1-4-21-15-22(5-2)17-23(16-21)20-32-25-12-14-28-30(19-25)34(26-9-7-6-8-10-26)29-18-24(31-3)11-13-27(29)33-28;/h4-20H,1-3H2;1H4/q+1;. The Morgan fingerprint density at radius 3 is 1.86 bits per heavy atom. The van der Waals surface area contributed by atoms with Crippen molar-refractivity contribution in [2.45, 2.75) is 7.43 Å². The fourth-order valence-electron chi connectivity index (χ4n) is 4.03. The molecule has 5 rings (SSSR count). The zero-order valence-corrected chi connectivity index (χ0v) is 18.7. The van der Waals surface area contributed by atoms with Crippen LogP contribution in [0.15, 0.2) is 108 Å². The molecule has 0 fully saturated rings. The Balaban J connectivity index is 0.00000289. The molecule has 0 radical (unpaired) electrons. The summed E-state index contributed by atoms with van der Waals surface area (Å²) < 4.78 is 2.19. The summed E-state index contributed by atoms with van der Waals surface area (Å²) in [6.07, 6.45) is 5.51. The molecular formula is C31H27N4+. The van der Waals surface area contributed by atoms with Crippen molar-refractivity contribution in [1.29, 1.82) is 0 Å². The number of aromatic nitrogens is 2. The van der Waals surface area contributed by atoms with E-state index >= 15 is 0 Å². The van der Waals surface area contributed by atoms with Crippen molar-refractivity contribution in [3.05, 3.63) is 115 Å². The third-order valence-electron chi connectivity index (χ3n) is 5.67. The van der Waals surface area contributed by atoms with E-state index in [1.165, 1.54) is 0 Å². The number of para-hydroxylation sites is 1. The smallest absolute Gasteiger partial charge is 0.239 e. The van der Waals surface area contributed by atoms with E-state index in [-0.39, 0.29) is 7.43 Å². The zero-order chi connectivity index (χ0) is 23.5. The summed E-state index contributed by atoms with van der Waals surface area (Å²) in [5.74, 6) is 0. The molecule has 4 aromatic carbocycles. The lowest BCUT2D eigenvalue weighted by Crippen LogP contribution is -2.33. The lowest BCUT2D eigenvalue weighted by Gasteiger charge is -2.06. The highest BCUT2D eigenvalue weighted by Gasteiger charge is 2.20. The zero-order valence-electron chi connectivity index (χ0n) is 18.7. The summed E-state index contributed by atoms with van der Waals surface area (Å²) in [7, 11) is 0. The molecular weight excluding hydrogens is 428 g/mol. The van der Waals surface area contributed by atoms with E-state index in [1.807, 2.05) is 85.1 Å². The van der Waals surface area contributed by atoms with Crippen LogP contribution in [0.2, 0.25) is 0 Å². The van der Waals surface area contributed by atoms with E-state index in [0.717, 1.165) is 55.8 Å². The average Bonchev–Trinajstić information content (AvgIpc) is 2.90. The van der Waals surface area contributed by atoms with E-state index in [1.54, 1.807) is 0 Å². The highest BCUT2D eigenvalue weighted by atomic mass is 15.0. The number of hydrogen-bond donors (Lipinski definition) is 0. The molecule has 4 heteroatoms. The topological polar surface area (TPSA) is 41.5 Å². The summed E-state index contributed by atoms with van der Waals surface area (Å²) in [4.78, 5) is 13.8. The second-order valence-electron chi connectivity index (χ2n) is 7.89. The van der Waals surface area contributed by atoms with Crippen LogP contribution in [0.5, 0.6) is 0 Å². The first kappa shape index (κ1) is 23.5. The summed E-state index contributed by atoms with van der Waals surface area (Å²) in [6.45, 7) is 11.4. The van der Waals surface area contributed by atoms with Gasteiger partial charge in [-0.25, -0.2) is 4.98 Å². The molecule has 1 aromatic heterocycles. The second-order valence-corrected chi connectivity index (χ2v) is 7.89. The maximum Gasteiger partial charge on any atom is 0.239 e. The first-order valence-electron chi connectivity index (χ1n) is 10.9. The van der Waals surface area contributed by atoms with Crippen molar-refractivity contribution < 1.29 is 4.57 Å². The van der Waals surface area contributed by atoms with Gasteiger partial charge in [0, 0.05) is 30.5 Å². The number of aliphatic imine (C=N–C) groups is 2. The van der Waals surface area contributed by atoms with Crippen molar-refractivity contribution in [3.8, 4) is 5.69 Å². The van der Waals surface area contributed by atoms with Crippen LogP contribution in [-0.4, -0.2) is 17.9 Å². The van der Waals surface area contributed by atoms with Gasteiger partial charge in [0.25, 0.3) is 0 Å². The lowest BCUT2D eigenvalue weighted by atomic mass is 10.1. The molecule has 0 aliphatic carbocycles. The van der Waals surface area contributed by atoms with Gasteiger partial charge in [0.05, 0.1) is 11.4 Å². The molecule has 0 saturated heterocycles. The van der Waals surface area contributed by atoms with Crippen LogP contribution in [0, 0.1) is 0 Å². The first-order chi connectivity index (χ1) is 16.7. The van der Waals surface area contributed by atoms with E-state index in [2.05, 4.69) is 47.6 Å². The number of hydrogen-bond acceptors (Lipinski definition) is 3. The SMILES string of the molecule is C.C=Cc1cc(C=C)cc(C=Nc2ccc3nc4ccc(N=C)cc4[n+](-c4ccccc4)c3c2)c1. The van der Waals surface area contributed by atoms with Crippen molar-refractivity contribution in [2.24, 2.45) is 9.98 Å². The monoisotopic (exact) mass is 455 g/mol. The average molecular weight is 456 g/mol. The van der Waals surface area contributed by atoms with Gasteiger partial charge in [-0.3, -0.25) is 9.98 Å². The molecule has 0 spiro atoms. The maximum atomic E-state index is 4.89. The second kappa shape index (κ2) is 10.1. The minimum Gasteiger partial charge on any atom is -0.264 e. The van der Waals surface area contributed by atoms with Crippen molar-refractivity contribution in [2.75, 3.05) is 0 Å². The Bertz CT molecular complexity index is 1570. The van der Waals surface area contributed by atoms with Crippen molar-refractivity contribution >= 4 is 58.5 Å². The first-order valence-corrected chi connectivity index (χ1v) is 10.9. The molecule has 0 atom stereocenters. The van der Waals surface area contributed by atoms with Crippen LogP contribution in [0.4, 0.5) is 11.4 Å². The third-order valence-corrected chi connectivity index (χ3v) is 5.67. The number of rotatable bonds is 6. The number of fused-ring (bicyclic) bond motifs is 2. The Kier molecular flexibility index (Phi) is 6.74. The quantitative estimate of drug-likeness (QED) is 0.147. The van der Waals surface area contributed by atoms with Crippen LogP contribution in [0.25, 0.3) is 39.9 Å². The molecule has 0 unspecified atom stereocenters. The van der Waals surface area contributed by atoms with Crippen LogP contribution < -0.4 is 4.57 Å². The third kappa shape index (κ3) is 4.68. The number of nitrogens with zero attached hydrogens (tertiary/aromatic N) is 4. The van der Waals surface area contributed by atoms with E-state index in [9.17, 15) is 0 Å². The summed E-state index contributed by atoms with van der Waals surface area (Å²) >= 11 is 0. The largest absolute Gasteiger partial charge is 0.264 e. The fraction of sp³-hybridized carbons (Fsp3) is 0.0323. The summed E-state index contributed by atoms with van der Waals surface area (Å²) in [5.41, 5.74) is 9.41. The fourth-order valence-corrected chi connectivity index (χ4v) is 4.03. The van der Waals surface area contributed by atoms with Crippen LogP contribution in [0.3, 0.4) is 0 Å². The molecule has 5 aromatic rings. The minimum absolute atomic E-state index is 0. The highest BCUT2D eigenvalue weighted by molar-refractivity contribution is 5.88. The van der Waals surface area contributed by atoms with Crippen molar-refractivity contribution in [3.63, 3.8) is 0 Å². The van der Waals surface area contributed by atoms with Gasteiger partial charge in [-0.05, 0) is 65.9 Å². The van der Waals surface area contributed by atoms with Gasteiger partial charge in [-0.2, -0.15) is 0 Å². The van der Waals surface area contributed by atoms with Gasteiger partial charge in [0.1, 0.15) is 11.0 Å². The Labute approximate surface area is 206 Å². The summed E-state index contributed by atoms with van der Waals surface area (Å²) in [5, 5.41) is 0. The van der Waals surface area contributed by atoms with Gasteiger partial charge < -0.3 is 0 Å². The Hall–Kier alpha value is -4.70.